The van der Waals surface area contributed by atoms with E-state index in [1.807, 2.05) is 24.3 Å². The van der Waals surface area contributed by atoms with E-state index in [4.69, 9.17) is 0 Å². The highest BCUT2D eigenvalue weighted by atomic mass is 16.2. The van der Waals surface area contributed by atoms with Gasteiger partial charge in [0.15, 0.2) is 5.78 Å². The molecule has 2 aromatic carbocycles. The number of nitrogens with zero attached hydrogens (tertiary/aromatic N) is 2. The Morgan fingerprint density at radius 2 is 0.971 bits per heavy atom. The van der Waals surface area contributed by atoms with Crippen LogP contribution in [0.1, 0.15) is 29.8 Å². The van der Waals surface area contributed by atoms with Crippen molar-refractivity contribution in [1.82, 2.24) is 9.97 Å². The molecule has 0 aliphatic rings. The molecule has 0 aliphatic heterocycles. The first-order valence-electron chi connectivity index (χ1n) is 10.6. The van der Waals surface area contributed by atoms with Crippen LogP contribution in [-0.2, 0) is 9.59 Å². The second-order valence-corrected chi connectivity index (χ2v) is 7.65. The highest BCUT2D eigenvalue weighted by Gasteiger charge is 2.20. The van der Waals surface area contributed by atoms with Crippen LogP contribution in [-0.4, -0.2) is 27.6 Å². The van der Waals surface area contributed by atoms with Crippen LogP contribution in [0.25, 0.3) is 22.5 Å². The maximum Gasteiger partial charge on any atom is 0.221 e. The maximum atomic E-state index is 13.7. The monoisotopic (exact) mass is 450 g/mol. The van der Waals surface area contributed by atoms with Crippen molar-refractivity contribution in [3.05, 3.63) is 96.3 Å². The Morgan fingerprint density at radius 1 is 0.588 bits per heavy atom. The van der Waals surface area contributed by atoms with E-state index in [0.29, 0.717) is 33.9 Å². The minimum absolute atomic E-state index is 0.157. The molecule has 0 aliphatic carbocycles. The summed E-state index contributed by atoms with van der Waals surface area (Å²) in [5, 5.41) is 5.46. The van der Waals surface area contributed by atoms with Gasteiger partial charge in [0, 0.05) is 59.9 Å². The molecule has 0 unspecified atom stereocenters. The van der Waals surface area contributed by atoms with Crippen molar-refractivity contribution in [3.63, 3.8) is 0 Å². The van der Waals surface area contributed by atoms with Gasteiger partial charge >= 0.3 is 0 Å². The van der Waals surface area contributed by atoms with E-state index in [0.717, 1.165) is 11.1 Å². The maximum absolute atomic E-state index is 13.7. The molecule has 2 N–H and O–H groups in total. The average molecular weight is 450 g/mol. The smallest absolute Gasteiger partial charge is 0.221 e. The molecule has 4 rings (SSSR count). The summed E-state index contributed by atoms with van der Waals surface area (Å²) in [6.45, 7) is 2.89. The molecule has 7 nitrogen and oxygen atoms in total. The van der Waals surface area contributed by atoms with Gasteiger partial charge < -0.3 is 10.6 Å². The summed E-state index contributed by atoms with van der Waals surface area (Å²) in [4.78, 5) is 45.2. The predicted molar refractivity (Wildman–Crippen MR) is 131 cm³/mol. The first-order valence-corrected chi connectivity index (χ1v) is 10.6. The number of amides is 2. The Morgan fingerprint density at radius 3 is 1.32 bits per heavy atom. The number of nitrogens with one attached hydrogen (secondary N) is 2. The zero-order valence-corrected chi connectivity index (χ0v) is 18.7. The van der Waals surface area contributed by atoms with Crippen molar-refractivity contribution in [2.45, 2.75) is 13.8 Å². The van der Waals surface area contributed by atoms with Gasteiger partial charge in [-0.3, -0.25) is 24.4 Å². The third kappa shape index (κ3) is 5.05. The summed E-state index contributed by atoms with van der Waals surface area (Å²) < 4.78 is 0. The predicted octanol–water partition coefficient (Wildman–Crippen LogP) is 4.96. The molecule has 0 radical (unpaired) electrons. The zero-order chi connectivity index (χ0) is 24.1. The molecule has 0 saturated carbocycles. The van der Waals surface area contributed by atoms with E-state index in [1.165, 1.54) is 13.8 Å². The fourth-order valence-electron chi connectivity index (χ4n) is 3.61. The lowest BCUT2D eigenvalue weighted by Gasteiger charge is -2.12. The first-order chi connectivity index (χ1) is 16.4. The SMILES string of the molecule is CC(=O)Nc1ccc(-c2ncccc2C(=O)c2cccnc2-c2ccc(NC(C)=O)cc2)cc1. The lowest BCUT2D eigenvalue weighted by Crippen LogP contribution is -2.08. The molecule has 0 saturated heterocycles. The number of anilines is 2. The second-order valence-electron chi connectivity index (χ2n) is 7.65. The van der Waals surface area contributed by atoms with Crippen molar-refractivity contribution in [1.29, 1.82) is 0 Å². The summed E-state index contributed by atoms with van der Waals surface area (Å²) in [6, 6.07) is 21.3. The van der Waals surface area contributed by atoms with Crippen LogP contribution in [0, 0.1) is 0 Å². The number of pyridine rings is 2. The number of ketones is 1. The van der Waals surface area contributed by atoms with Gasteiger partial charge in [-0.2, -0.15) is 0 Å². The molecule has 0 fully saturated rings. The molecule has 168 valence electrons. The van der Waals surface area contributed by atoms with Crippen LogP contribution in [0.2, 0.25) is 0 Å². The van der Waals surface area contributed by atoms with Crippen LogP contribution in [0.15, 0.2) is 85.2 Å². The van der Waals surface area contributed by atoms with E-state index < -0.39 is 0 Å². The van der Waals surface area contributed by atoms with Gasteiger partial charge in [-0.15, -0.1) is 0 Å². The topological polar surface area (TPSA) is 101 Å². The molecule has 2 aromatic heterocycles. The molecule has 2 amide bonds. The van der Waals surface area contributed by atoms with Gasteiger partial charge in [-0.1, -0.05) is 24.3 Å². The number of aromatic nitrogens is 2. The van der Waals surface area contributed by atoms with Gasteiger partial charge in [0.05, 0.1) is 11.4 Å². The number of benzene rings is 2. The van der Waals surface area contributed by atoms with E-state index in [1.54, 1.807) is 60.9 Å². The van der Waals surface area contributed by atoms with Crippen molar-refractivity contribution in [2.75, 3.05) is 10.6 Å². The standard InChI is InChI=1S/C27H22N4O3/c1-17(32)30-21-11-7-19(8-12-21)25-23(5-3-15-28-25)27(34)24-6-4-16-29-26(24)20-9-13-22(14-10-20)31-18(2)33/h3-16H,1-2H3,(H,30,32)(H,31,33). The number of carbonyl (C=O) groups excluding carboxylic acids is 3. The van der Waals surface area contributed by atoms with Crippen LogP contribution in [0.4, 0.5) is 11.4 Å². The van der Waals surface area contributed by atoms with Crippen LogP contribution in [0.5, 0.6) is 0 Å². The normalized spacial score (nSPS) is 10.4. The Kier molecular flexibility index (Phi) is 6.54. The summed E-state index contributed by atoms with van der Waals surface area (Å²) in [7, 11) is 0. The molecule has 2 heterocycles. The first kappa shape index (κ1) is 22.5. The van der Waals surface area contributed by atoms with Gasteiger partial charge in [-0.05, 0) is 48.5 Å². The zero-order valence-electron chi connectivity index (χ0n) is 18.7. The van der Waals surface area contributed by atoms with Crippen LogP contribution in [0.3, 0.4) is 0 Å². The van der Waals surface area contributed by atoms with Gasteiger partial charge in [0.1, 0.15) is 0 Å². The summed E-state index contributed by atoms with van der Waals surface area (Å²) in [6.07, 6.45) is 3.28. The van der Waals surface area contributed by atoms with Gasteiger partial charge in [-0.25, -0.2) is 0 Å². The van der Waals surface area contributed by atoms with Crippen molar-refractivity contribution < 1.29 is 14.4 Å². The molecule has 7 heteroatoms. The van der Waals surface area contributed by atoms with Crippen molar-refractivity contribution in [2.24, 2.45) is 0 Å². The van der Waals surface area contributed by atoms with Crippen molar-refractivity contribution in [3.8, 4) is 22.5 Å². The van der Waals surface area contributed by atoms with E-state index in [2.05, 4.69) is 20.6 Å². The highest BCUT2D eigenvalue weighted by Crippen LogP contribution is 2.29. The lowest BCUT2D eigenvalue weighted by atomic mass is 9.95. The summed E-state index contributed by atoms with van der Waals surface area (Å²) >= 11 is 0. The average Bonchev–Trinajstić information content (AvgIpc) is 2.84. The Labute approximate surface area is 196 Å². The third-order valence-corrected chi connectivity index (χ3v) is 5.06. The number of rotatable bonds is 6. The summed E-state index contributed by atoms with van der Waals surface area (Å²) in [5.74, 6) is -0.519. The molecule has 0 spiro atoms. The Balaban J connectivity index is 1.70. The van der Waals surface area contributed by atoms with Crippen LogP contribution < -0.4 is 10.6 Å². The Hall–Kier alpha value is -4.65. The third-order valence-electron chi connectivity index (χ3n) is 5.06. The molecule has 4 aromatic rings. The number of hydrogen-bond donors (Lipinski definition) is 2. The molecule has 0 atom stereocenters. The molecular formula is C27H22N4O3. The van der Waals surface area contributed by atoms with Gasteiger partial charge in [0.25, 0.3) is 0 Å². The second kappa shape index (κ2) is 9.87. The van der Waals surface area contributed by atoms with E-state index in [-0.39, 0.29) is 17.6 Å². The largest absolute Gasteiger partial charge is 0.326 e. The quantitative estimate of drug-likeness (QED) is 0.405. The molecule has 34 heavy (non-hydrogen) atoms. The highest BCUT2D eigenvalue weighted by molar-refractivity contribution is 6.15. The Bertz CT molecular complexity index is 1260. The van der Waals surface area contributed by atoms with Gasteiger partial charge in [0.2, 0.25) is 11.8 Å². The van der Waals surface area contributed by atoms with Crippen LogP contribution >= 0.6 is 0 Å². The minimum atomic E-state index is -0.205. The summed E-state index contributed by atoms with van der Waals surface area (Å²) in [5.41, 5.74) is 4.80. The number of carbonyl (C=O) groups is 3. The van der Waals surface area contributed by atoms with E-state index >= 15 is 0 Å². The minimum Gasteiger partial charge on any atom is -0.326 e. The fourth-order valence-corrected chi connectivity index (χ4v) is 3.61. The van der Waals surface area contributed by atoms with Crippen molar-refractivity contribution >= 4 is 29.0 Å². The number of hydrogen-bond acceptors (Lipinski definition) is 5. The molecule has 0 bridgehead atoms. The lowest BCUT2D eigenvalue weighted by molar-refractivity contribution is -0.115. The fraction of sp³-hybridized carbons (Fsp3) is 0.0741. The van der Waals surface area contributed by atoms with E-state index in [9.17, 15) is 14.4 Å². The molecular weight excluding hydrogens is 428 g/mol.